The maximum Gasteiger partial charge on any atom is 0.449 e. The summed E-state index contributed by atoms with van der Waals surface area (Å²) in [5.41, 5.74) is -0.368. The highest BCUT2D eigenvalue weighted by Crippen LogP contribution is 2.33. The first-order valence-corrected chi connectivity index (χ1v) is 11.9. The van der Waals surface area contributed by atoms with Crippen LogP contribution < -0.4 is 0 Å². The van der Waals surface area contributed by atoms with Gasteiger partial charge in [-0.1, -0.05) is 6.92 Å². The fourth-order valence-corrected chi connectivity index (χ4v) is 4.72. The first-order chi connectivity index (χ1) is 17.3. The summed E-state index contributed by atoms with van der Waals surface area (Å²) in [6.07, 6.45) is -4.91. The van der Waals surface area contributed by atoms with Crippen molar-refractivity contribution < 1.29 is 35.9 Å². The minimum Gasteiger partial charge on any atom is -0.335 e. The molecule has 3 heterocycles. The minimum atomic E-state index is -4.77. The van der Waals surface area contributed by atoms with E-state index in [1.54, 1.807) is 6.92 Å². The topological polar surface area (TPSA) is 61.7 Å². The van der Waals surface area contributed by atoms with Gasteiger partial charge in [-0.25, -0.2) is 18.2 Å². The lowest BCUT2D eigenvalue weighted by Crippen LogP contribution is -2.47. The van der Waals surface area contributed by atoms with Crippen molar-refractivity contribution in [2.45, 2.75) is 39.0 Å². The van der Waals surface area contributed by atoms with Crippen molar-refractivity contribution in [1.29, 1.82) is 0 Å². The third-order valence-electron chi connectivity index (χ3n) is 6.79. The first kappa shape index (κ1) is 27.0. The third kappa shape index (κ3) is 5.76. The molecule has 2 aliphatic heterocycles. The Hall–Kier alpha value is -3.09. The lowest BCUT2D eigenvalue weighted by molar-refractivity contribution is -0.148. The second kappa shape index (κ2) is 10.3. The van der Waals surface area contributed by atoms with Crippen LogP contribution in [-0.4, -0.2) is 75.8 Å². The number of carbonyl (C=O) groups is 2. The van der Waals surface area contributed by atoms with Crippen molar-refractivity contribution in [2.24, 2.45) is 5.92 Å². The average Bonchev–Trinajstić information content (AvgIpc) is 3.22. The lowest BCUT2D eigenvalue weighted by atomic mass is 9.96. The molecule has 7 nitrogen and oxygen atoms in total. The van der Waals surface area contributed by atoms with Gasteiger partial charge in [-0.2, -0.15) is 13.2 Å². The van der Waals surface area contributed by atoms with Gasteiger partial charge in [0.05, 0.1) is 12.2 Å². The summed E-state index contributed by atoms with van der Waals surface area (Å²) < 4.78 is 82.7. The maximum absolute atomic E-state index is 14.0. The number of carbonyl (C=O) groups excluding carboxylic acids is 2. The number of benzene rings is 1. The van der Waals surface area contributed by atoms with Gasteiger partial charge in [0.2, 0.25) is 11.7 Å². The Morgan fingerprint density at radius 2 is 1.57 bits per heavy atom. The molecular formula is C24H27F6N5O2. The molecule has 1 atom stereocenters. The van der Waals surface area contributed by atoms with Crippen LogP contribution in [0.3, 0.4) is 0 Å². The van der Waals surface area contributed by atoms with E-state index in [-0.39, 0.29) is 49.4 Å². The van der Waals surface area contributed by atoms with Gasteiger partial charge >= 0.3 is 6.18 Å². The summed E-state index contributed by atoms with van der Waals surface area (Å²) in [6.45, 7) is 3.04. The number of imidazole rings is 1. The highest BCUT2D eigenvalue weighted by Gasteiger charge is 2.42. The normalized spacial score (nSPS) is 17.6. The summed E-state index contributed by atoms with van der Waals surface area (Å²) in [6, 6.07) is 1.20. The summed E-state index contributed by atoms with van der Waals surface area (Å²) >= 11 is 0. The zero-order valence-electron chi connectivity index (χ0n) is 20.4. The molecule has 2 aliphatic rings. The molecule has 1 aromatic heterocycles. The van der Waals surface area contributed by atoms with Gasteiger partial charge in [-0.05, 0) is 31.0 Å². The van der Waals surface area contributed by atoms with Crippen LogP contribution in [0.2, 0.25) is 0 Å². The fourth-order valence-electron chi connectivity index (χ4n) is 4.72. The van der Waals surface area contributed by atoms with Gasteiger partial charge in [0.1, 0.15) is 5.82 Å². The summed E-state index contributed by atoms with van der Waals surface area (Å²) in [5, 5.41) is 0. The lowest BCUT2D eigenvalue weighted by Gasteiger charge is -2.33. The molecule has 0 aliphatic carbocycles. The summed E-state index contributed by atoms with van der Waals surface area (Å²) in [5.74, 6) is -6.08. The van der Waals surface area contributed by atoms with Crippen LogP contribution in [0.1, 0.15) is 40.9 Å². The number of rotatable bonds is 5. The molecule has 1 unspecified atom stereocenters. The maximum atomic E-state index is 14.0. The smallest absolute Gasteiger partial charge is 0.335 e. The van der Waals surface area contributed by atoms with E-state index < -0.39 is 47.2 Å². The molecule has 2 aromatic rings. The molecular weight excluding hydrogens is 504 g/mol. The quantitative estimate of drug-likeness (QED) is 0.439. The molecule has 37 heavy (non-hydrogen) atoms. The zero-order chi connectivity index (χ0) is 27.1. The van der Waals surface area contributed by atoms with E-state index in [0.717, 1.165) is 10.6 Å². The Kier molecular flexibility index (Phi) is 7.54. The number of amides is 2. The monoisotopic (exact) mass is 531 g/mol. The van der Waals surface area contributed by atoms with Crippen LogP contribution in [0.25, 0.3) is 0 Å². The van der Waals surface area contributed by atoms with Gasteiger partial charge < -0.3 is 19.3 Å². The number of hydrogen-bond acceptors (Lipinski definition) is 4. The fraction of sp³-hybridized carbons (Fsp3) is 0.542. The van der Waals surface area contributed by atoms with Crippen molar-refractivity contribution >= 4 is 11.8 Å². The second-order valence-electron chi connectivity index (χ2n) is 9.66. The third-order valence-corrected chi connectivity index (χ3v) is 6.79. The van der Waals surface area contributed by atoms with E-state index in [0.29, 0.717) is 32.2 Å². The van der Waals surface area contributed by atoms with E-state index in [2.05, 4.69) is 4.98 Å². The second-order valence-corrected chi connectivity index (χ2v) is 9.66. The molecule has 13 heteroatoms. The highest BCUT2D eigenvalue weighted by atomic mass is 19.4. The Balaban J connectivity index is 1.51. The number of likely N-dealkylation sites (N-methyl/N-ethyl adjacent to an activating group) is 1. The van der Waals surface area contributed by atoms with Crippen LogP contribution in [-0.2, 0) is 30.5 Å². The van der Waals surface area contributed by atoms with E-state index in [1.165, 1.54) is 9.80 Å². The number of alkyl halides is 3. The van der Waals surface area contributed by atoms with Crippen molar-refractivity contribution in [2.75, 3.05) is 39.8 Å². The van der Waals surface area contributed by atoms with E-state index in [4.69, 9.17) is 0 Å². The van der Waals surface area contributed by atoms with Crippen LogP contribution in [0.4, 0.5) is 26.3 Å². The van der Waals surface area contributed by atoms with E-state index in [1.807, 2.05) is 11.9 Å². The number of fused-ring (bicyclic) bond motifs is 1. The molecule has 1 aromatic carbocycles. The van der Waals surface area contributed by atoms with Crippen molar-refractivity contribution in [3.05, 3.63) is 52.4 Å². The number of piperazine rings is 1. The van der Waals surface area contributed by atoms with Gasteiger partial charge in [0, 0.05) is 51.8 Å². The largest absolute Gasteiger partial charge is 0.449 e. The van der Waals surface area contributed by atoms with Crippen molar-refractivity contribution in [3.63, 3.8) is 0 Å². The Bertz CT molecular complexity index is 1190. The summed E-state index contributed by atoms with van der Waals surface area (Å²) in [4.78, 5) is 34.6. The Labute approximate surface area is 209 Å². The number of hydrogen-bond donors (Lipinski definition) is 0. The standard InChI is InChI=1S/C24H27F6N5O2/c1-14(9-15-11-17(26)18(27)12-16(15)25)10-20(36)34-7-8-35-19(13-34)21(31-23(35)24(28,29)30)22(37)33-5-3-32(2)4-6-33/h11-12,14H,3-10,13H2,1-2H3. The van der Waals surface area contributed by atoms with E-state index in [9.17, 15) is 35.9 Å². The summed E-state index contributed by atoms with van der Waals surface area (Å²) in [7, 11) is 1.88. The van der Waals surface area contributed by atoms with Crippen molar-refractivity contribution in [3.8, 4) is 0 Å². The molecule has 202 valence electrons. The highest BCUT2D eigenvalue weighted by molar-refractivity contribution is 5.94. The Morgan fingerprint density at radius 3 is 2.22 bits per heavy atom. The molecule has 0 bridgehead atoms. The van der Waals surface area contributed by atoms with Gasteiger partial charge in [0.15, 0.2) is 17.3 Å². The van der Waals surface area contributed by atoms with Crippen LogP contribution in [0, 0.1) is 23.4 Å². The van der Waals surface area contributed by atoms with Crippen molar-refractivity contribution in [1.82, 2.24) is 24.3 Å². The molecule has 0 saturated carbocycles. The molecule has 0 spiro atoms. The average molecular weight is 532 g/mol. The SMILES string of the molecule is CC(CC(=O)N1CCn2c(C(F)(F)F)nc(C(=O)N3CCN(C)CC3)c2C1)Cc1cc(F)c(F)cc1F. The van der Waals surface area contributed by atoms with Crippen LogP contribution in [0.5, 0.6) is 0 Å². The number of nitrogens with zero attached hydrogens (tertiary/aromatic N) is 5. The van der Waals surface area contributed by atoms with Gasteiger partial charge in [-0.15, -0.1) is 0 Å². The molecule has 1 fully saturated rings. The molecule has 2 amide bonds. The van der Waals surface area contributed by atoms with Crippen LogP contribution >= 0.6 is 0 Å². The molecule has 4 rings (SSSR count). The first-order valence-electron chi connectivity index (χ1n) is 11.9. The Morgan fingerprint density at radius 1 is 0.946 bits per heavy atom. The number of aromatic nitrogens is 2. The number of halogens is 6. The molecule has 0 N–H and O–H groups in total. The minimum absolute atomic E-state index is 0.0233. The van der Waals surface area contributed by atoms with Crippen LogP contribution in [0.15, 0.2) is 12.1 Å². The van der Waals surface area contributed by atoms with E-state index >= 15 is 0 Å². The molecule has 0 radical (unpaired) electrons. The van der Waals surface area contributed by atoms with Gasteiger partial charge in [-0.3, -0.25) is 9.59 Å². The molecule has 1 saturated heterocycles. The predicted octanol–water partition coefficient (Wildman–Crippen LogP) is 3.32. The van der Waals surface area contributed by atoms with Gasteiger partial charge in [0.25, 0.3) is 5.91 Å². The predicted molar refractivity (Wildman–Crippen MR) is 120 cm³/mol. The zero-order valence-corrected chi connectivity index (χ0v) is 20.4.